The molecule has 13 atom stereocenters. The van der Waals surface area contributed by atoms with Gasteiger partial charge >= 0.3 is 5.97 Å². The lowest BCUT2D eigenvalue weighted by Crippen LogP contribution is -2.88. The van der Waals surface area contributed by atoms with Gasteiger partial charge in [0.2, 0.25) is 0 Å². The van der Waals surface area contributed by atoms with Crippen LogP contribution in [0.15, 0.2) is 59.8 Å². The molecule has 0 aromatic heterocycles. The van der Waals surface area contributed by atoms with Gasteiger partial charge in [-0.05, 0) is 74.8 Å². The number of anilines is 2. The van der Waals surface area contributed by atoms with Gasteiger partial charge in [-0.2, -0.15) is 0 Å². The third-order valence-corrected chi connectivity index (χ3v) is 17.8. The summed E-state index contributed by atoms with van der Waals surface area (Å²) >= 11 is 0. The number of fused-ring (bicyclic) bond motifs is 4. The second-order valence-corrected chi connectivity index (χ2v) is 18.7. The SMILES string of the molecule is CC[C@@]12C[C@H]3C[C@]45CN6c7ccccc7[C@@]7(CCN(C[C@H]8O[C@H]81)[C@@H]27)[C@]36O[C@@H]4N1CC[C@]23C(=C(C(=O)OC)C[C@@]4(CCO[C@@H]54)[C@H]12)Nc1ccccc13. The van der Waals surface area contributed by atoms with Crippen LogP contribution in [-0.4, -0.2) is 98.0 Å². The van der Waals surface area contributed by atoms with E-state index in [1.165, 1.54) is 16.8 Å². The number of esters is 1. The number of piperidine rings is 3. The first-order valence-corrected chi connectivity index (χ1v) is 19.9. The van der Waals surface area contributed by atoms with Crippen molar-refractivity contribution >= 4 is 17.3 Å². The highest BCUT2D eigenvalue weighted by atomic mass is 16.6. The van der Waals surface area contributed by atoms with Crippen molar-refractivity contribution in [1.29, 1.82) is 0 Å². The predicted molar refractivity (Wildman–Crippen MR) is 187 cm³/mol. The fourth-order valence-electron chi connectivity index (χ4n) is 17.0. The Bertz CT molecular complexity index is 2060. The van der Waals surface area contributed by atoms with Crippen molar-refractivity contribution in [3.05, 3.63) is 70.9 Å². The van der Waals surface area contributed by atoms with Crippen LogP contribution in [0.2, 0.25) is 0 Å². The van der Waals surface area contributed by atoms with Crippen LogP contribution in [0, 0.1) is 22.2 Å². The molecule has 15 rings (SSSR count). The summed E-state index contributed by atoms with van der Waals surface area (Å²) in [6.07, 6.45) is 7.82. The highest BCUT2D eigenvalue weighted by Gasteiger charge is 2.89. The Hall–Kier alpha value is -2.95. The fourth-order valence-corrected chi connectivity index (χ4v) is 17.0. The van der Waals surface area contributed by atoms with Crippen molar-refractivity contribution in [3.63, 3.8) is 0 Å². The number of nitrogens with zero attached hydrogens (tertiary/aromatic N) is 3. The number of hydrogen-bond acceptors (Lipinski definition) is 9. The van der Waals surface area contributed by atoms with Crippen molar-refractivity contribution < 1.29 is 23.7 Å². The van der Waals surface area contributed by atoms with Crippen LogP contribution >= 0.6 is 0 Å². The molecule has 5 spiro atoms. The standard InChI is InChI=1S/C42H46N4O5/c1-3-37-18-23-19-39-22-46-28-11-7-5-9-26(28)41(13-15-44(34(37)41)21-29-31(37)50-29)42(23,46)51-36(39)45-16-12-40-25-8-4-6-10-27(25)43-30(40)24(32(47)48-2)20-38(33(40)45)14-17-49-35(38)39/h4-11,23,29,31,33-36,43H,3,12-22H2,1-2H3/t23-,29+,31+,33-,34-,35+,36-,37+,38-,39+,40-,41+,42+/m0/s1. The van der Waals surface area contributed by atoms with Crippen molar-refractivity contribution in [2.24, 2.45) is 22.2 Å². The molecule has 1 saturated carbocycles. The number of benzene rings is 2. The highest BCUT2D eigenvalue weighted by molar-refractivity contribution is 5.93. The molecular weight excluding hydrogens is 640 g/mol. The van der Waals surface area contributed by atoms with Gasteiger partial charge in [-0.3, -0.25) is 9.80 Å². The molecule has 1 N–H and O–H groups in total. The van der Waals surface area contributed by atoms with Crippen molar-refractivity contribution in [1.82, 2.24) is 9.80 Å². The number of epoxide rings is 1. The van der Waals surface area contributed by atoms with Gasteiger partial charge in [0, 0.05) is 72.1 Å². The first kappa shape index (κ1) is 28.5. The predicted octanol–water partition coefficient (Wildman–Crippen LogP) is 4.52. The van der Waals surface area contributed by atoms with E-state index in [9.17, 15) is 4.79 Å². The lowest BCUT2D eigenvalue weighted by Gasteiger charge is -2.77. The summed E-state index contributed by atoms with van der Waals surface area (Å²) in [7, 11) is 1.55. The molecule has 9 nitrogen and oxygen atoms in total. The molecule has 2 aromatic carbocycles. The number of carbonyl (C=O) groups is 1. The zero-order chi connectivity index (χ0) is 33.5. The molecular formula is C42H46N4O5. The van der Waals surface area contributed by atoms with Gasteiger partial charge in [0.25, 0.3) is 0 Å². The van der Waals surface area contributed by atoms with E-state index in [4.69, 9.17) is 18.9 Å². The Morgan fingerprint density at radius 2 is 1.86 bits per heavy atom. The summed E-state index contributed by atoms with van der Waals surface area (Å²) in [4.78, 5) is 22.5. The first-order chi connectivity index (χ1) is 24.9. The third-order valence-electron chi connectivity index (χ3n) is 17.8. The van der Waals surface area contributed by atoms with Gasteiger partial charge in [-0.15, -0.1) is 0 Å². The number of ether oxygens (including phenoxy) is 4. The Balaban J connectivity index is 1.02. The van der Waals surface area contributed by atoms with Crippen LogP contribution in [0.1, 0.15) is 63.0 Å². The molecule has 2 bridgehead atoms. The van der Waals surface area contributed by atoms with Crippen molar-refractivity contribution in [2.75, 3.05) is 50.1 Å². The Labute approximate surface area is 298 Å². The zero-order valence-corrected chi connectivity index (χ0v) is 29.5. The number of carbonyl (C=O) groups excluding carboxylic acids is 1. The van der Waals surface area contributed by atoms with E-state index >= 15 is 0 Å². The molecule has 9 saturated heterocycles. The molecule has 0 radical (unpaired) electrons. The average Bonchev–Trinajstić information content (AvgIpc) is 3.54. The zero-order valence-electron chi connectivity index (χ0n) is 29.5. The van der Waals surface area contributed by atoms with E-state index < -0.39 is 5.72 Å². The smallest absolute Gasteiger partial charge is 0.335 e. The summed E-state index contributed by atoms with van der Waals surface area (Å²) in [6, 6.07) is 18.9. The number of rotatable bonds is 2. The summed E-state index contributed by atoms with van der Waals surface area (Å²) in [5.74, 6) is 0.177. The maximum absolute atomic E-state index is 13.9. The number of methoxy groups -OCH3 is 1. The minimum absolute atomic E-state index is 0.0196. The van der Waals surface area contributed by atoms with E-state index in [0.29, 0.717) is 30.6 Å². The maximum atomic E-state index is 13.9. The second-order valence-electron chi connectivity index (χ2n) is 18.7. The maximum Gasteiger partial charge on any atom is 0.335 e. The summed E-state index contributed by atoms with van der Waals surface area (Å²) < 4.78 is 27.9. The summed E-state index contributed by atoms with van der Waals surface area (Å²) in [5, 5.41) is 3.83. The molecule has 264 valence electrons. The fraction of sp³-hybridized carbons (Fsp3) is 0.643. The van der Waals surface area contributed by atoms with Gasteiger partial charge in [0.1, 0.15) is 6.23 Å². The van der Waals surface area contributed by atoms with Gasteiger partial charge in [-0.25, -0.2) is 4.79 Å². The summed E-state index contributed by atoms with van der Waals surface area (Å²) in [5.41, 5.74) is 6.15. The lowest BCUT2D eigenvalue weighted by atomic mass is 9.41. The lowest BCUT2D eigenvalue weighted by molar-refractivity contribution is -0.377. The van der Waals surface area contributed by atoms with Gasteiger partial charge < -0.3 is 29.2 Å². The van der Waals surface area contributed by atoms with Crippen molar-refractivity contribution in [2.45, 2.75) is 105 Å². The minimum atomic E-state index is -0.395. The average molecular weight is 687 g/mol. The molecule has 11 heterocycles. The van der Waals surface area contributed by atoms with Crippen molar-refractivity contribution in [3.8, 4) is 0 Å². The Morgan fingerprint density at radius 1 is 1.00 bits per heavy atom. The van der Waals surface area contributed by atoms with E-state index in [1.54, 1.807) is 7.11 Å². The Kier molecular flexibility index (Phi) is 4.70. The van der Waals surface area contributed by atoms with E-state index in [0.717, 1.165) is 88.3 Å². The third kappa shape index (κ3) is 2.56. The van der Waals surface area contributed by atoms with Crippen LogP contribution < -0.4 is 10.2 Å². The molecule has 51 heavy (non-hydrogen) atoms. The normalized spacial score (nSPS) is 52.1. The van der Waals surface area contributed by atoms with Crippen LogP contribution in [0.4, 0.5) is 11.4 Å². The van der Waals surface area contributed by atoms with Crippen LogP contribution in [0.3, 0.4) is 0 Å². The van der Waals surface area contributed by atoms with Crippen LogP contribution in [0.25, 0.3) is 0 Å². The van der Waals surface area contributed by atoms with E-state index in [1.807, 2.05) is 0 Å². The number of nitrogens with one attached hydrogen (secondary N) is 1. The molecule has 0 amide bonds. The second kappa shape index (κ2) is 8.39. The molecule has 10 fully saturated rings. The highest BCUT2D eigenvalue weighted by Crippen LogP contribution is 2.81. The molecule has 2 aromatic rings. The topological polar surface area (TPSA) is 79.0 Å². The van der Waals surface area contributed by atoms with Gasteiger partial charge in [0.15, 0.2) is 5.72 Å². The van der Waals surface area contributed by atoms with Gasteiger partial charge in [0.05, 0.1) is 47.2 Å². The quantitative estimate of drug-likeness (QED) is 0.363. The largest absolute Gasteiger partial charge is 0.466 e. The molecule has 9 heteroatoms. The first-order valence-electron chi connectivity index (χ1n) is 19.9. The molecule has 0 unspecified atom stereocenters. The van der Waals surface area contributed by atoms with E-state index in [2.05, 4.69) is 75.5 Å². The Morgan fingerprint density at radius 3 is 2.75 bits per heavy atom. The van der Waals surface area contributed by atoms with E-state index in [-0.39, 0.29) is 51.4 Å². The van der Waals surface area contributed by atoms with Crippen LogP contribution in [-0.2, 0) is 34.6 Å². The monoisotopic (exact) mass is 686 g/mol. The number of para-hydroxylation sites is 2. The molecule has 11 aliphatic heterocycles. The van der Waals surface area contributed by atoms with Crippen LogP contribution in [0.5, 0.6) is 0 Å². The molecule has 13 aliphatic rings. The summed E-state index contributed by atoms with van der Waals surface area (Å²) in [6.45, 7) is 7.25. The van der Waals surface area contributed by atoms with Gasteiger partial charge in [-0.1, -0.05) is 43.3 Å². The molecule has 2 aliphatic carbocycles. The number of hydrogen-bond donors (Lipinski definition) is 1. The minimum Gasteiger partial charge on any atom is -0.466 e.